The lowest BCUT2D eigenvalue weighted by Crippen LogP contribution is -2.51. The molecule has 1 aromatic carbocycles. The third kappa shape index (κ3) is 2.13. The van der Waals surface area contributed by atoms with Gasteiger partial charge in [-0.3, -0.25) is 0 Å². The summed E-state index contributed by atoms with van der Waals surface area (Å²) in [7, 11) is 0. The van der Waals surface area contributed by atoms with Crippen LogP contribution in [0.2, 0.25) is 0 Å². The van der Waals surface area contributed by atoms with Gasteiger partial charge in [-0.05, 0) is 61.8 Å². The minimum Gasteiger partial charge on any atom is -0.368 e. The Kier molecular flexibility index (Phi) is 3.51. The van der Waals surface area contributed by atoms with Crippen molar-refractivity contribution in [1.29, 1.82) is 0 Å². The lowest BCUT2D eigenvalue weighted by molar-refractivity contribution is 0.343. The normalized spacial score (nSPS) is 23.5. The van der Waals surface area contributed by atoms with Crippen LogP contribution in [0.15, 0.2) is 12.1 Å². The summed E-state index contributed by atoms with van der Waals surface area (Å²) in [5, 5.41) is 2.24. The van der Waals surface area contributed by atoms with Crippen LogP contribution in [0.5, 0.6) is 0 Å². The highest BCUT2D eigenvalue weighted by Gasteiger charge is 2.28. The predicted molar refractivity (Wildman–Crippen MR) is 87.8 cm³/mol. The second kappa shape index (κ2) is 5.05. The van der Waals surface area contributed by atoms with Gasteiger partial charge in [0.15, 0.2) is 0 Å². The van der Waals surface area contributed by atoms with E-state index in [1.165, 1.54) is 12.5 Å². The number of anilines is 1. The summed E-state index contributed by atoms with van der Waals surface area (Å²) in [6.07, 6.45) is 3.46. The van der Waals surface area contributed by atoms with Gasteiger partial charge < -0.3 is 10.7 Å². The summed E-state index contributed by atoms with van der Waals surface area (Å²) in [6.45, 7) is 4.37. The van der Waals surface area contributed by atoms with Crippen LogP contribution < -0.4 is 10.7 Å². The van der Waals surface area contributed by atoms with Crippen molar-refractivity contribution in [2.75, 3.05) is 10.7 Å². The summed E-state index contributed by atoms with van der Waals surface area (Å²) in [4.78, 5) is 4.39. The largest absolute Gasteiger partial charge is 0.368 e. The van der Waals surface area contributed by atoms with Crippen LogP contribution in [0.3, 0.4) is 0 Å². The van der Waals surface area contributed by atoms with Gasteiger partial charge in [-0.25, -0.2) is 14.1 Å². The van der Waals surface area contributed by atoms with Crippen molar-refractivity contribution >= 4 is 39.6 Å². The number of hydrogen-bond acceptors (Lipinski definition) is 3. The molecular weight excluding hydrogens is 370 g/mol. The number of benzene rings is 1. The molecule has 2 aromatic rings. The number of nitrogens with two attached hydrogens (primary N) is 1. The van der Waals surface area contributed by atoms with E-state index in [0.29, 0.717) is 21.6 Å². The monoisotopic (exact) mass is 388 g/mol. The zero-order chi connectivity index (χ0) is 14.4. The average molecular weight is 388 g/mol. The molecule has 0 spiro atoms. The van der Waals surface area contributed by atoms with Crippen LogP contribution in [0, 0.1) is 9.39 Å². The molecule has 0 saturated carbocycles. The van der Waals surface area contributed by atoms with E-state index in [9.17, 15) is 4.39 Å². The number of rotatable bonds is 1. The van der Waals surface area contributed by atoms with Crippen LogP contribution in [-0.4, -0.2) is 21.7 Å². The maximum atomic E-state index is 13.9. The number of imidazole rings is 1. The Morgan fingerprint density at radius 1 is 1.30 bits per heavy atom. The summed E-state index contributed by atoms with van der Waals surface area (Å²) in [5.41, 5.74) is 7.59. The minimum absolute atomic E-state index is 0.225. The third-order valence-corrected chi connectivity index (χ3v) is 4.90. The highest BCUT2D eigenvalue weighted by molar-refractivity contribution is 14.1. The maximum Gasteiger partial charge on any atom is 0.220 e. The zero-order valence-electron chi connectivity index (χ0n) is 11.6. The lowest BCUT2D eigenvalue weighted by Gasteiger charge is -2.41. The predicted octanol–water partition coefficient (Wildman–Crippen LogP) is 3.26. The SMILES string of the molecule is CC1CCCC(C)N1n1c(N)nc2cc(I)c(F)cc21. The summed E-state index contributed by atoms with van der Waals surface area (Å²) >= 11 is 1.98. The zero-order valence-corrected chi connectivity index (χ0v) is 13.8. The fourth-order valence-electron chi connectivity index (χ4n) is 3.12. The third-order valence-electron chi connectivity index (χ3n) is 4.08. The molecule has 2 N–H and O–H groups in total. The minimum atomic E-state index is -0.225. The van der Waals surface area contributed by atoms with Crippen molar-refractivity contribution in [2.24, 2.45) is 0 Å². The molecule has 0 radical (unpaired) electrons. The van der Waals surface area contributed by atoms with E-state index in [1.807, 2.05) is 27.3 Å². The van der Waals surface area contributed by atoms with Gasteiger partial charge in [0.05, 0.1) is 14.6 Å². The number of halogens is 2. The van der Waals surface area contributed by atoms with E-state index < -0.39 is 0 Å². The van der Waals surface area contributed by atoms with Crippen LogP contribution in [0.1, 0.15) is 33.1 Å². The molecule has 1 saturated heterocycles. The molecule has 3 rings (SSSR count). The van der Waals surface area contributed by atoms with Gasteiger partial charge in [-0.1, -0.05) is 0 Å². The molecule has 1 aliphatic heterocycles. The fraction of sp³-hybridized carbons (Fsp3) is 0.500. The molecular formula is C14H18FIN4. The van der Waals surface area contributed by atoms with Crippen molar-refractivity contribution in [3.05, 3.63) is 21.5 Å². The van der Waals surface area contributed by atoms with E-state index in [2.05, 4.69) is 23.8 Å². The van der Waals surface area contributed by atoms with E-state index in [0.717, 1.165) is 23.9 Å². The smallest absolute Gasteiger partial charge is 0.220 e. The first-order valence-corrected chi connectivity index (χ1v) is 7.98. The van der Waals surface area contributed by atoms with Crippen molar-refractivity contribution in [1.82, 2.24) is 9.66 Å². The van der Waals surface area contributed by atoms with Gasteiger partial charge in [0, 0.05) is 18.2 Å². The van der Waals surface area contributed by atoms with Gasteiger partial charge in [0.2, 0.25) is 5.95 Å². The molecule has 1 fully saturated rings. The quantitative estimate of drug-likeness (QED) is 0.763. The first-order chi connectivity index (χ1) is 9.49. The molecule has 1 aliphatic rings. The molecule has 6 heteroatoms. The molecule has 1 aromatic heterocycles. The van der Waals surface area contributed by atoms with Gasteiger partial charge in [-0.2, -0.15) is 0 Å². The van der Waals surface area contributed by atoms with E-state index in [-0.39, 0.29) is 5.82 Å². The van der Waals surface area contributed by atoms with Crippen molar-refractivity contribution < 1.29 is 4.39 Å². The van der Waals surface area contributed by atoms with Crippen molar-refractivity contribution in [2.45, 2.75) is 45.2 Å². The Balaban J connectivity index is 2.19. The molecule has 2 atom stereocenters. The van der Waals surface area contributed by atoms with E-state index in [4.69, 9.17) is 5.73 Å². The van der Waals surface area contributed by atoms with Crippen molar-refractivity contribution in [3.63, 3.8) is 0 Å². The van der Waals surface area contributed by atoms with Gasteiger partial charge in [-0.15, -0.1) is 0 Å². The number of aromatic nitrogens is 2. The Morgan fingerprint density at radius 2 is 1.95 bits per heavy atom. The Labute approximate surface area is 131 Å². The number of fused-ring (bicyclic) bond motifs is 1. The highest BCUT2D eigenvalue weighted by Crippen LogP contribution is 2.28. The molecule has 0 amide bonds. The molecule has 0 aliphatic carbocycles. The van der Waals surface area contributed by atoms with E-state index in [1.54, 1.807) is 6.07 Å². The lowest BCUT2D eigenvalue weighted by atomic mass is 10.00. The van der Waals surface area contributed by atoms with E-state index >= 15 is 0 Å². The average Bonchev–Trinajstić information content (AvgIpc) is 2.67. The second-order valence-corrected chi connectivity index (χ2v) is 6.71. The molecule has 4 nitrogen and oxygen atoms in total. The van der Waals surface area contributed by atoms with Crippen LogP contribution in [0.4, 0.5) is 10.3 Å². The van der Waals surface area contributed by atoms with Gasteiger partial charge >= 0.3 is 0 Å². The number of hydrogen-bond donors (Lipinski definition) is 1. The van der Waals surface area contributed by atoms with Crippen LogP contribution in [-0.2, 0) is 0 Å². The van der Waals surface area contributed by atoms with Crippen LogP contribution >= 0.6 is 22.6 Å². The Morgan fingerprint density at radius 3 is 2.60 bits per heavy atom. The summed E-state index contributed by atoms with van der Waals surface area (Å²) < 4.78 is 16.4. The van der Waals surface area contributed by atoms with Gasteiger partial charge in [0.25, 0.3) is 0 Å². The first-order valence-electron chi connectivity index (χ1n) is 6.90. The standard InChI is InChI=1S/C14H18FIN4/c1-8-4-3-5-9(2)19(8)20-13-6-10(15)11(16)7-12(13)18-14(20)17/h6-9H,3-5H2,1-2H3,(H2,17,18). The van der Waals surface area contributed by atoms with Crippen molar-refractivity contribution in [3.8, 4) is 0 Å². The molecule has 2 heterocycles. The second-order valence-electron chi connectivity index (χ2n) is 5.55. The molecule has 20 heavy (non-hydrogen) atoms. The number of nitrogens with zero attached hydrogens (tertiary/aromatic N) is 3. The Bertz CT molecular complexity index is 644. The number of piperidine rings is 1. The molecule has 2 unspecified atom stereocenters. The molecule has 108 valence electrons. The number of nitrogen functional groups attached to an aromatic ring is 1. The van der Waals surface area contributed by atoms with Crippen LogP contribution in [0.25, 0.3) is 11.0 Å². The first kappa shape index (κ1) is 13.9. The topological polar surface area (TPSA) is 47.1 Å². The fourth-order valence-corrected chi connectivity index (χ4v) is 3.57. The molecule has 0 bridgehead atoms. The maximum absolute atomic E-state index is 13.9. The Hall–Kier alpha value is -1.05. The summed E-state index contributed by atoms with van der Waals surface area (Å²) in [5.74, 6) is 0.207. The highest BCUT2D eigenvalue weighted by atomic mass is 127. The van der Waals surface area contributed by atoms with Gasteiger partial charge in [0.1, 0.15) is 5.82 Å². The summed E-state index contributed by atoms with van der Waals surface area (Å²) in [6, 6.07) is 4.04.